The van der Waals surface area contributed by atoms with E-state index in [9.17, 15) is 9.90 Å². The van der Waals surface area contributed by atoms with Crippen LogP contribution in [0.5, 0.6) is 5.75 Å². The molecule has 9 heteroatoms. The van der Waals surface area contributed by atoms with E-state index in [0.717, 1.165) is 10.1 Å². The minimum atomic E-state index is -0.117. The highest BCUT2D eigenvalue weighted by Crippen LogP contribution is 2.38. The number of fused-ring (bicyclic) bond motifs is 1. The molecule has 0 aliphatic heterocycles. The van der Waals surface area contributed by atoms with Crippen LogP contribution < -0.4 is 5.32 Å². The molecule has 0 aliphatic carbocycles. The fourth-order valence-electron chi connectivity index (χ4n) is 2.32. The normalized spacial score (nSPS) is 11.3. The van der Waals surface area contributed by atoms with Crippen molar-refractivity contribution in [3.8, 4) is 5.75 Å². The molecule has 0 unspecified atom stereocenters. The van der Waals surface area contributed by atoms with Crippen molar-refractivity contribution < 1.29 is 9.90 Å². The molecule has 7 nitrogen and oxygen atoms in total. The Labute approximate surface area is 158 Å². The summed E-state index contributed by atoms with van der Waals surface area (Å²) in [5.74, 6) is 0.910. The van der Waals surface area contributed by atoms with Gasteiger partial charge < -0.3 is 10.4 Å². The number of hydrogen-bond acceptors (Lipinski definition) is 8. The van der Waals surface area contributed by atoms with Gasteiger partial charge in [0.25, 0.3) is 5.13 Å². The lowest BCUT2D eigenvalue weighted by Gasteiger charge is -2.10. The van der Waals surface area contributed by atoms with E-state index in [4.69, 9.17) is 0 Å². The van der Waals surface area contributed by atoms with Crippen LogP contribution in [0.1, 0.15) is 20.3 Å². The number of aromatic nitrogens is 2. The molecule has 3 rings (SSSR count). The van der Waals surface area contributed by atoms with Gasteiger partial charge in [0.15, 0.2) is 4.34 Å². The monoisotopic (exact) mass is 387 g/mol. The van der Waals surface area contributed by atoms with Crippen molar-refractivity contribution in [1.82, 2.24) is 10.2 Å². The molecule has 134 valence electrons. The van der Waals surface area contributed by atoms with Crippen LogP contribution in [0.2, 0.25) is 0 Å². The van der Waals surface area contributed by atoms with Crippen molar-refractivity contribution in [3.05, 3.63) is 30.3 Å². The van der Waals surface area contributed by atoms with E-state index in [1.165, 1.54) is 11.3 Å². The van der Waals surface area contributed by atoms with Crippen LogP contribution >= 0.6 is 23.1 Å². The Morgan fingerprint density at radius 3 is 2.85 bits per heavy atom. The van der Waals surface area contributed by atoms with Crippen LogP contribution in [-0.2, 0) is 4.79 Å². The predicted octanol–water partition coefficient (Wildman–Crippen LogP) is 5.27. The van der Waals surface area contributed by atoms with E-state index >= 15 is 0 Å². The first-order valence-corrected chi connectivity index (χ1v) is 9.85. The van der Waals surface area contributed by atoms with Gasteiger partial charge in [0.05, 0.1) is 11.4 Å². The molecule has 0 spiro atoms. The van der Waals surface area contributed by atoms with Crippen molar-refractivity contribution in [2.45, 2.75) is 24.6 Å². The molecule has 0 radical (unpaired) electrons. The summed E-state index contributed by atoms with van der Waals surface area (Å²) in [5, 5.41) is 31.1. The number of hydrogen-bond donors (Lipinski definition) is 2. The minimum Gasteiger partial charge on any atom is -0.507 e. The second-order valence-corrected chi connectivity index (χ2v) is 7.68. The SMILES string of the molecule is CCSc1nnc(N=Nc2ccc(O)c3cccc(NC(=O)CC)c23)s1. The smallest absolute Gasteiger partial charge is 0.252 e. The zero-order valence-corrected chi connectivity index (χ0v) is 15.9. The van der Waals surface area contributed by atoms with Crippen LogP contribution in [0.3, 0.4) is 0 Å². The number of anilines is 1. The van der Waals surface area contributed by atoms with E-state index in [1.807, 2.05) is 6.92 Å². The molecule has 1 heterocycles. The zero-order chi connectivity index (χ0) is 18.5. The second-order valence-electron chi connectivity index (χ2n) is 5.22. The molecule has 1 amide bonds. The summed E-state index contributed by atoms with van der Waals surface area (Å²) in [5.41, 5.74) is 1.11. The first-order chi connectivity index (χ1) is 12.6. The fraction of sp³-hybridized carbons (Fsp3) is 0.235. The lowest BCUT2D eigenvalue weighted by atomic mass is 10.1. The number of phenolic OH excluding ortho intramolecular Hbond substituents is 1. The van der Waals surface area contributed by atoms with Gasteiger partial charge in [-0.15, -0.1) is 20.4 Å². The molecule has 0 saturated heterocycles. The molecule has 0 aliphatic rings. The Bertz CT molecular complexity index is 971. The molecule has 0 atom stereocenters. The summed E-state index contributed by atoms with van der Waals surface area (Å²) < 4.78 is 0.841. The Balaban J connectivity index is 2.02. The first-order valence-electron chi connectivity index (χ1n) is 8.05. The third-order valence-corrected chi connectivity index (χ3v) is 5.32. The van der Waals surface area contributed by atoms with E-state index < -0.39 is 0 Å². The van der Waals surface area contributed by atoms with Crippen LogP contribution in [0, 0.1) is 0 Å². The molecule has 0 saturated carbocycles. The van der Waals surface area contributed by atoms with E-state index in [-0.39, 0.29) is 11.7 Å². The average molecular weight is 387 g/mol. The Kier molecular flexibility index (Phi) is 5.79. The summed E-state index contributed by atoms with van der Waals surface area (Å²) in [7, 11) is 0. The number of aromatic hydroxyl groups is 1. The summed E-state index contributed by atoms with van der Waals surface area (Å²) in [6.45, 7) is 3.82. The zero-order valence-electron chi connectivity index (χ0n) is 14.3. The van der Waals surface area contributed by atoms with Crippen molar-refractivity contribution >= 4 is 56.3 Å². The summed E-state index contributed by atoms with van der Waals surface area (Å²) in [6.07, 6.45) is 0.356. The standard InChI is InChI=1S/C17H17N5O2S2/c1-3-14(24)18-11-7-5-6-10-13(23)9-8-12(15(10)11)19-20-16-21-22-17(26-16)25-4-2/h5-9,23H,3-4H2,1-2H3,(H,18,24). The fourth-order valence-corrected chi connectivity index (χ4v) is 3.88. The number of nitrogens with zero attached hydrogens (tertiary/aromatic N) is 4. The maximum Gasteiger partial charge on any atom is 0.252 e. The van der Waals surface area contributed by atoms with Crippen LogP contribution in [0.4, 0.5) is 16.5 Å². The number of rotatable bonds is 6. The van der Waals surface area contributed by atoms with Gasteiger partial charge in [-0.2, -0.15) is 0 Å². The number of phenols is 1. The number of thioether (sulfide) groups is 1. The summed E-state index contributed by atoms with van der Waals surface area (Å²) in [6, 6.07) is 8.53. The van der Waals surface area contributed by atoms with Gasteiger partial charge in [-0.25, -0.2) is 0 Å². The molecule has 3 aromatic rings. The topological polar surface area (TPSA) is 99.8 Å². The highest BCUT2D eigenvalue weighted by atomic mass is 32.2. The Hall–Kier alpha value is -2.52. The minimum absolute atomic E-state index is 0.115. The Morgan fingerprint density at radius 1 is 1.23 bits per heavy atom. The number of carbonyl (C=O) groups excluding carboxylic acids is 1. The molecule has 2 N–H and O–H groups in total. The molecule has 0 fully saturated rings. The van der Waals surface area contributed by atoms with E-state index in [2.05, 4.69) is 25.7 Å². The summed E-state index contributed by atoms with van der Waals surface area (Å²) >= 11 is 2.96. The number of azo groups is 1. The van der Waals surface area contributed by atoms with Gasteiger partial charge in [-0.1, -0.05) is 49.1 Å². The highest BCUT2D eigenvalue weighted by Gasteiger charge is 2.12. The molecular formula is C17H17N5O2S2. The van der Waals surface area contributed by atoms with Crippen molar-refractivity contribution in [1.29, 1.82) is 0 Å². The average Bonchev–Trinajstić information content (AvgIpc) is 3.09. The highest BCUT2D eigenvalue weighted by molar-refractivity contribution is 8.01. The van der Waals surface area contributed by atoms with Crippen LogP contribution in [0.25, 0.3) is 10.8 Å². The molecule has 0 bridgehead atoms. The lowest BCUT2D eigenvalue weighted by Crippen LogP contribution is -2.09. The summed E-state index contributed by atoms with van der Waals surface area (Å²) in [4.78, 5) is 11.8. The van der Waals surface area contributed by atoms with Crippen molar-refractivity contribution in [3.63, 3.8) is 0 Å². The maximum atomic E-state index is 11.8. The van der Waals surface area contributed by atoms with Gasteiger partial charge in [0.2, 0.25) is 5.91 Å². The van der Waals surface area contributed by atoms with Gasteiger partial charge in [0, 0.05) is 17.2 Å². The van der Waals surface area contributed by atoms with Crippen LogP contribution in [-0.4, -0.2) is 27.0 Å². The van der Waals surface area contributed by atoms with Gasteiger partial charge in [0.1, 0.15) is 5.75 Å². The molecule has 26 heavy (non-hydrogen) atoms. The van der Waals surface area contributed by atoms with Crippen molar-refractivity contribution in [2.24, 2.45) is 10.2 Å². The third-order valence-electron chi connectivity index (χ3n) is 3.50. The molecular weight excluding hydrogens is 370 g/mol. The predicted molar refractivity (Wildman–Crippen MR) is 105 cm³/mol. The molecule has 1 aromatic heterocycles. The maximum absolute atomic E-state index is 11.8. The molecule has 2 aromatic carbocycles. The van der Waals surface area contributed by atoms with Gasteiger partial charge >= 0.3 is 0 Å². The van der Waals surface area contributed by atoms with E-state index in [1.54, 1.807) is 49.0 Å². The number of carbonyl (C=O) groups is 1. The Morgan fingerprint density at radius 2 is 2.08 bits per heavy atom. The number of nitrogens with one attached hydrogen (secondary N) is 1. The van der Waals surface area contributed by atoms with E-state index in [0.29, 0.717) is 33.7 Å². The van der Waals surface area contributed by atoms with Crippen molar-refractivity contribution in [2.75, 3.05) is 11.1 Å². The number of amides is 1. The quantitative estimate of drug-likeness (QED) is 0.443. The first kappa shape index (κ1) is 18.3. The van der Waals surface area contributed by atoms with Crippen LogP contribution in [0.15, 0.2) is 44.9 Å². The second kappa shape index (κ2) is 8.24. The third kappa shape index (κ3) is 4.00. The van der Waals surface area contributed by atoms with Gasteiger partial charge in [-0.05, 0) is 24.0 Å². The lowest BCUT2D eigenvalue weighted by molar-refractivity contribution is -0.115. The largest absolute Gasteiger partial charge is 0.507 e. The number of benzene rings is 2. The van der Waals surface area contributed by atoms with Gasteiger partial charge in [-0.3, -0.25) is 4.79 Å².